The van der Waals surface area contributed by atoms with Gasteiger partial charge in [0.25, 0.3) is 0 Å². The van der Waals surface area contributed by atoms with Crippen molar-refractivity contribution in [3.8, 4) is 0 Å². The predicted octanol–water partition coefficient (Wildman–Crippen LogP) is 1.59. The lowest BCUT2D eigenvalue weighted by Gasteiger charge is -2.23. The maximum absolute atomic E-state index is 11.8. The minimum absolute atomic E-state index is 0.0732. The highest BCUT2D eigenvalue weighted by Crippen LogP contribution is 2.35. The molecule has 16 heavy (non-hydrogen) atoms. The van der Waals surface area contributed by atoms with Crippen LogP contribution in [0.5, 0.6) is 0 Å². The van der Waals surface area contributed by atoms with Crippen LogP contribution in [0.4, 0.5) is 0 Å². The molecule has 0 saturated heterocycles. The average Bonchev–Trinajstić information content (AvgIpc) is 2.81. The van der Waals surface area contributed by atoms with Crippen molar-refractivity contribution in [2.24, 2.45) is 11.7 Å². The summed E-state index contributed by atoms with van der Waals surface area (Å²) >= 11 is 1.80. The number of carbonyl (C=O) groups is 1. The molecule has 2 aliphatic carbocycles. The quantitative estimate of drug-likeness (QED) is 0.819. The van der Waals surface area contributed by atoms with Gasteiger partial charge in [0.2, 0.25) is 5.91 Å². The number of nitrogens with two attached hydrogens (primary N) is 1. The second-order valence-electron chi connectivity index (χ2n) is 4.76. The summed E-state index contributed by atoms with van der Waals surface area (Å²) in [4.78, 5) is 13.3. The van der Waals surface area contributed by atoms with E-state index in [0.29, 0.717) is 0 Å². The second kappa shape index (κ2) is 3.86. The van der Waals surface area contributed by atoms with Crippen molar-refractivity contribution in [1.82, 2.24) is 5.32 Å². The van der Waals surface area contributed by atoms with Crippen molar-refractivity contribution < 1.29 is 4.79 Å². The minimum atomic E-state index is 0.0732. The zero-order chi connectivity index (χ0) is 11.1. The molecule has 3 nitrogen and oxygen atoms in total. The van der Waals surface area contributed by atoms with Gasteiger partial charge in [-0.15, -0.1) is 11.3 Å². The highest BCUT2D eigenvalue weighted by Gasteiger charge is 2.41. The van der Waals surface area contributed by atoms with Crippen LogP contribution in [0.2, 0.25) is 0 Å². The molecule has 1 heterocycles. The van der Waals surface area contributed by atoms with Gasteiger partial charge in [-0.1, -0.05) is 0 Å². The van der Waals surface area contributed by atoms with E-state index < -0.39 is 0 Å². The first-order valence-electron chi connectivity index (χ1n) is 5.88. The topological polar surface area (TPSA) is 55.1 Å². The zero-order valence-electron chi connectivity index (χ0n) is 9.11. The van der Waals surface area contributed by atoms with E-state index in [1.807, 2.05) is 0 Å². The number of amides is 1. The van der Waals surface area contributed by atoms with Crippen LogP contribution in [0, 0.1) is 5.92 Å². The molecule has 2 aliphatic rings. The van der Waals surface area contributed by atoms with E-state index >= 15 is 0 Å². The first-order chi connectivity index (χ1) is 7.75. The van der Waals surface area contributed by atoms with Crippen molar-refractivity contribution in [1.29, 1.82) is 0 Å². The number of aryl methyl sites for hydroxylation is 1. The Labute approximate surface area is 99.0 Å². The van der Waals surface area contributed by atoms with Crippen LogP contribution < -0.4 is 11.1 Å². The Balaban J connectivity index is 1.70. The second-order valence-corrected chi connectivity index (χ2v) is 5.76. The SMILES string of the molecule is NC1CC1C(=O)NC1CCCc2sccc21. The summed E-state index contributed by atoms with van der Waals surface area (Å²) in [5.74, 6) is 0.223. The van der Waals surface area contributed by atoms with Crippen LogP contribution in [0.3, 0.4) is 0 Å². The maximum atomic E-state index is 11.8. The lowest BCUT2D eigenvalue weighted by molar-refractivity contribution is -0.123. The first-order valence-corrected chi connectivity index (χ1v) is 6.76. The number of hydrogen-bond donors (Lipinski definition) is 2. The Kier molecular flexibility index (Phi) is 2.48. The number of thiophene rings is 1. The van der Waals surface area contributed by atoms with Crippen LogP contribution in [0.1, 0.15) is 35.7 Å². The Bertz CT molecular complexity index is 415. The normalized spacial score (nSPS) is 31.9. The standard InChI is InChI=1S/C12H16N2OS/c13-9-6-8(9)12(15)14-10-2-1-3-11-7(10)4-5-16-11/h4-5,8-10H,1-3,6,13H2,(H,14,15). The van der Waals surface area contributed by atoms with Gasteiger partial charge in [-0.2, -0.15) is 0 Å². The van der Waals surface area contributed by atoms with Gasteiger partial charge in [0.05, 0.1) is 12.0 Å². The fourth-order valence-electron chi connectivity index (χ4n) is 2.43. The molecule has 1 saturated carbocycles. The number of hydrogen-bond acceptors (Lipinski definition) is 3. The summed E-state index contributed by atoms with van der Waals surface area (Å²) < 4.78 is 0. The predicted molar refractivity (Wildman–Crippen MR) is 64.2 cm³/mol. The van der Waals surface area contributed by atoms with Gasteiger partial charge in [0, 0.05) is 10.9 Å². The van der Waals surface area contributed by atoms with Gasteiger partial charge in [0.1, 0.15) is 0 Å². The smallest absolute Gasteiger partial charge is 0.225 e. The molecule has 0 spiro atoms. The molecular weight excluding hydrogens is 220 g/mol. The molecule has 1 amide bonds. The van der Waals surface area contributed by atoms with E-state index in [9.17, 15) is 4.79 Å². The van der Waals surface area contributed by atoms with E-state index in [-0.39, 0.29) is 23.9 Å². The minimum Gasteiger partial charge on any atom is -0.349 e. The molecule has 0 radical (unpaired) electrons. The van der Waals surface area contributed by atoms with Crippen molar-refractivity contribution in [3.05, 3.63) is 21.9 Å². The molecule has 86 valence electrons. The number of rotatable bonds is 2. The lowest BCUT2D eigenvalue weighted by Crippen LogP contribution is -2.32. The van der Waals surface area contributed by atoms with E-state index in [1.54, 1.807) is 11.3 Å². The Morgan fingerprint density at radius 3 is 3.12 bits per heavy atom. The van der Waals surface area contributed by atoms with Crippen molar-refractivity contribution >= 4 is 17.2 Å². The van der Waals surface area contributed by atoms with Gasteiger partial charge in [-0.05, 0) is 42.7 Å². The van der Waals surface area contributed by atoms with Crippen LogP contribution in [-0.2, 0) is 11.2 Å². The van der Waals surface area contributed by atoms with E-state index in [0.717, 1.165) is 12.8 Å². The molecule has 1 aromatic rings. The van der Waals surface area contributed by atoms with Crippen LogP contribution in [-0.4, -0.2) is 11.9 Å². The molecular formula is C12H16N2OS. The largest absolute Gasteiger partial charge is 0.349 e. The van der Waals surface area contributed by atoms with Gasteiger partial charge >= 0.3 is 0 Å². The Hall–Kier alpha value is -0.870. The summed E-state index contributed by atoms with van der Waals surface area (Å²) in [6.45, 7) is 0. The third kappa shape index (κ3) is 1.76. The molecule has 3 N–H and O–H groups in total. The number of nitrogens with one attached hydrogen (secondary N) is 1. The highest BCUT2D eigenvalue weighted by atomic mass is 32.1. The summed E-state index contributed by atoms with van der Waals surface area (Å²) in [5.41, 5.74) is 7.02. The molecule has 4 heteroatoms. The van der Waals surface area contributed by atoms with E-state index in [4.69, 9.17) is 5.73 Å². The Morgan fingerprint density at radius 2 is 2.38 bits per heavy atom. The monoisotopic (exact) mass is 236 g/mol. The number of fused-ring (bicyclic) bond motifs is 1. The number of carbonyl (C=O) groups excluding carboxylic acids is 1. The van der Waals surface area contributed by atoms with Crippen LogP contribution in [0.25, 0.3) is 0 Å². The third-order valence-electron chi connectivity index (χ3n) is 3.54. The van der Waals surface area contributed by atoms with Gasteiger partial charge in [-0.25, -0.2) is 0 Å². The van der Waals surface area contributed by atoms with Crippen molar-refractivity contribution in [2.75, 3.05) is 0 Å². The highest BCUT2D eigenvalue weighted by molar-refractivity contribution is 7.10. The fraction of sp³-hybridized carbons (Fsp3) is 0.583. The zero-order valence-corrected chi connectivity index (χ0v) is 9.93. The third-order valence-corrected chi connectivity index (χ3v) is 4.54. The summed E-state index contributed by atoms with van der Waals surface area (Å²) in [5, 5.41) is 5.26. The fourth-order valence-corrected chi connectivity index (χ4v) is 3.42. The molecule has 3 unspecified atom stereocenters. The molecule has 3 atom stereocenters. The van der Waals surface area contributed by atoms with E-state index in [2.05, 4.69) is 16.8 Å². The lowest BCUT2D eigenvalue weighted by atomic mass is 9.94. The van der Waals surface area contributed by atoms with Gasteiger partial charge in [-0.3, -0.25) is 4.79 Å². The molecule has 1 aromatic heterocycles. The van der Waals surface area contributed by atoms with Crippen molar-refractivity contribution in [2.45, 2.75) is 37.8 Å². The summed E-state index contributed by atoms with van der Waals surface area (Å²) in [6.07, 6.45) is 4.27. The summed E-state index contributed by atoms with van der Waals surface area (Å²) in [6, 6.07) is 2.48. The Morgan fingerprint density at radius 1 is 1.56 bits per heavy atom. The van der Waals surface area contributed by atoms with Crippen molar-refractivity contribution in [3.63, 3.8) is 0 Å². The molecule has 3 rings (SSSR count). The molecule has 0 aromatic carbocycles. The summed E-state index contributed by atoms with van der Waals surface area (Å²) in [7, 11) is 0. The van der Waals surface area contributed by atoms with Crippen LogP contribution >= 0.6 is 11.3 Å². The maximum Gasteiger partial charge on any atom is 0.225 e. The molecule has 1 fully saturated rings. The first kappa shape index (κ1) is 10.3. The molecule has 0 bridgehead atoms. The van der Waals surface area contributed by atoms with Crippen LogP contribution in [0.15, 0.2) is 11.4 Å². The average molecular weight is 236 g/mol. The van der Waals surface area contributed by atoms with Gasteiger partial charge in [0.15, 0.2) is 0 Å². The van der Waals surface area contributed by atoms with Gasteiger partial charge < -0.3 is 11.1 Å². The van der Waals surface area contributed by atoms with E-state index in [1.165, 1.54) is 23.3 Å². The molecule has 0 aliphatic heterocycles.